The first-order chi connectivity index (χ1) is 8.56. The summed E-state index contributed by atoms with van der Waals surface area (Å²) in [5.41, 5.74) is 1.46. The van der Waals surface area contributed by atoms with Gasteiger partial charge in [-0.2, -0.15) is 0 Å². The van der Waals surface area contributed by atoms with Crippen LogP contribution >= 0.6 is 0 Å². The van der Waals surface area contributed by atoms with Crippen molar-refractivity contribution in [2.45, 2.75) is 51.2 Å². The minimum absolute atomic E-state index is 0.0934. The van der Waals surface area contributed by atoms with Crippen molar-refractivity contribution in [1.29, 1.82) is 0 Å². The zero-order valence-electron chi connectivity index (χ0n) is 10.5. The summed E-state index contributed by atoms with van der Waals surface area (Å²) < 4.78 is 25.6. The number of rotatable bonds is 3. The van der Waals surface area contributed by atoms with Gasteiger partial charge in [0, 0.05) is 17.3 Å². The molecule has 0 atom stereocenters. The summed E-state index contributed by atoms with van der Waals surface area (Å²) in [6.45, 7) is 1.70. The topological polar surface area (TPSA) is 32.3 Å². The summed E-state index contributed by atoms with van der Waals surface area (Å²) in [6, 6.07) is 5.38. The number of hydrogen-bond acceptors (Lipinski definition) is 2. The van der Waals surface area contributed by atoms with Gasteiger partial charge in [-0.05, 0) is 50.3 Å². The zero-order chi connectivity index (χ0) is 13.1. The Morgan fingerprint density at radius 2 is 1.89 bits per heavy atom. The molecule has 1 aromatic carbocycles. The van der Waals surface area contributed by atoms with Crippen LogP contribution < -0.4 is 5.32 Å². The lowest BCUT2D eigenvalue weighted by molar-refractivity contribution is 0.126. The molecule has 2 rings (SSSR count). The monoisotopic (exact) mass is 255 g/mol. The molecule has 0 radical (unpaired) electrons. The van der Waals surface area contributed by atoms with E-state index in [1.165, 1.54) is 6.07 Å². The maximum Gasteiger partial charge on any atom is 0.264 e. The highest BCUT2D eigenvalue weighted by Gasteiger charge is 2.19. The molecule has 0 heterocycles. The molecule has 0 unspecified atom stereocenters. The summed E-state index contributed by atoms with van der Waals surface area (Å²) >= 11 is 0. The van der Waals surface area contributed by atoms with Crippen LogP contribution in [0.15, 0.2) is 18.2 Å². The lowest BCUT2D eigenvalue weighted by Crippen LogP contribution is -2.28. The molecule has 0 aromatic heterocycles. The standard InChI is InChI=1S/C14H19F2NO/c1-9-2-3-11(8-13(9)14(15)16)17-10-4-6-12(18)7-5-10/h2-3,8,10,12,14,17-18H,4-7H2,1H3/t10-,12-. The Morgan fingerprint density at radius 1 is 1.22 bits per heavy atom. The van der Waals surface area contributed by atoms with Crippen molar-refractivity contribution in [2.24, 2.45) is 0 Å². The van der Waals surface area contributed by atoms with Crippen molar-refractivity contribution in [3.63, 3.8) is 0 Å². The van der Waals surface area contributed by atoms with Crippen molar-refractivity contribution in [3.05, 3.63) is 29.3 Å². The predicted molar refractivity (Wildman–Crippen MR) is 68.0 cm³/mol. The average molecular weight is 255 g/mol. The van der Waals surface area contributed by atoms with Gasteiger partial charge in [-0.3, -0.25) is 0 Å². The molecule has 1 fully saturated rings. The molecule has 0 bridgehead atoms. The highest BCUT2D eigenvalue weighted by atomic mass is 19.3. The average Bonchev–Trinajstić information content (AvgIpc) is 2.34. The highest BCUT2D eigenvalue weighted by Crippen LogP contribution is 2.27. The van der Waals surface area contributed by atoms with E-state index in [-0.39, 0.29) is 17.7 Å². The molecular formula is C14H19F2NO. The molecule has 2 nitrogen and oxygen atoms in total. The van der Waals surface area contributed by atoms with Gasteiger partial charge in [0.1, 0.15) is 0 Å². The van der Waals surface area contributed by atoms with E-state index in [9.17, 15) is 13.9 Å². The van der Waals surface area contributed by atoms with E-state index in [0.29, 0.717) is 5.56 Å². The van der Waals surface area contributed by atoms with Crippen LogP contribution in [-0.4, -0.2) is 17.3 Å². The number of benzene rings is 1. The Kier molecular flexibility index (Phi) is 4.17. The largest absolute Gasteiger partial charge is 0.393 e. The van der Waals surface area contributed by atoms with Gasteiger partial charge in [-0.15, -0.1) is 0 Å². The van der Waals surface area contributed by atoms with E-state index in [2.05, 4.69) is 5.32 Å². The number of halogens is 2. The van der Waals surface area contributed by atoms with Gasteiger partial charge in [-0.1, -0.05) is 6.07 Å². The van der Waals surface area contributed by atoms with Gasteiger partial charge in [0.2, 0.25) is 0 Å². The van der Waals surface area contributed by atoms with Gasteiger partial charge >= 0.3 is 0 Å². The van der Waals surface area contributed by atoms with Crippen LogP contribution in [0.5, 0.6) is 0 Å². The minimum atomic E-state index is -2.43. The number of alkyl halides is 2. The van der Waals surface area contributed by atoms with Crippen LogP contribution in [0.2, 0.25) is 0 Å². The van der Waals surface area contributed by atoms with Crippen LogP contribution in [-0.2, 0) is 0 Å². The van der Waals surface area contributed by atoms with Crippen molar-refractivity contribution in [1.82, 2.24) is 0 Å². The Morgan fingerprint density at radius 3 is 2.50 bits per heavy atom. The Bertz CT molecular complexity index is 401. The van der Waals surface area contributed by atoms with Crippen molar-refractivity contribution >= 4 is 5.69 Å². The van der Waals surface area contributed by atoms with Crippen LogP contribution in [0.1, 0.15) is 43.2 Å². The molecule has 4 heteroatoms. The van der Waals surface area contributed by atoms with E-state index in [0.717, 1.165) is 31.4 Å². The van der Waals surface area contributed by atoms with Crippen molar-refractivity contribution < 1.29 is 13.9 Å². The Labute approximate surface area is 106 Å². The van der Waals surface area contributed by atoms with E-state index < -0.39 is 6.43 Å². The van der Waals surface area contributed by atoms with Gasteiger partial charge < -0.3 is 10.4 Å². The molecule has 0 amide bonds. The maximum atomic E-state index is 12.8. The molecule has 0 aliphatic heterocycles. The second-order valence-electron chi connectivity index (χ2n) is 5.02. The second-order valence-corrected chi connectivity index (χ2v) is 5.02. The van der Waals surface area contributed by atoms with Crippen LogP contribution in [0.3, 0.4) is 0 Å². The van der Waals surface area contributed by atoms with Crippen LogP contribution in [0.4, 0.5) is 14.5 Å². The number of anilines is 1. The quantitative estimate of drug-likeness (QED) is 0.864. The number of aryl methyl sites for hydroxylation is 1. The van der Waals surface area contributed by atoms with E-state index in [1.54, 1.807) is 13.0 Å². The highest BCUT2D eigenvalue weighted by molar-refractivity contribution is 5.49. The molecule has 2 N–H and O–H groups in total. The third kappa shape index (κ3) is 3.19. The van der Waals surface area contributed by atoms with Crippen molar-refractivity contribution in [2.75, 3.05) is 5.32 Å². The molecule has 0 spiro atoms. The van der Waals surface area contributed by atoms with E-state index in [1.807, 2.05) is 6.07 Å². The van der Waals surface area contributed by atoms with E-state index >= 15 is 0 Å². The van der Waals surface area contributed by atoms with Crippen LogP contribution in [0, 0.1) is 6.92 Å². The normalized spacial score (nSPS) is 24.3. The smallest absolute Gasteiger partial charge is 0.264 e. The van der Waals surface area contributed by atoms with Crippen LogP contribution in [0.25, 0.3) is 0 Å². The molecule has 100 valence electrons. The molecule has 1 aliphatic carbocycles. The first-order valence-corrected chi connectivity index (χ1v) is 6.39. The SMILES string of the molecule is Cc1ccc(N[C@H]2CC[C@H](O)CC2)cc1C(F)F. The number of hydrogen-bond donors (Lipinski definition) is 2. The first kappa shape index (κ1) is 13.3. The fourth-order valence-electron chi connectivity index (χ4n) is 2.42. The summed E-state index contributed by atoms with van der Waals surface area (Å²) in [4.78, 5) is 0. The van der Waals surface area contributed by atoms with Gasteiger partial charge in [0.25, 0.3) is 6.43 Å². The Balaban J connectivity index is 2.03. The summed E-state index contributed by atoms with van der Waals surface area (Å²) in [5.74, 6) is 0. The van der Waals surface area contributed by atoms with Crippen molar-refractivity contribution in [3.8, 4) is 0 Å². The maximum absolute atomic E-state index is 12.8. The lowest BCUT2D eigenvalue weighted by Gasteiger charge is -2.27. The Hall–Kier alpha value is -1.16. The van der Waals surface area contributed by atoms with Gasteiger partial charge in [0.15, 0.2) is 0 Å². The fourth-order valence-corrected chi connectivity index (χ4v) is 2.42. The molecule has 1 saturated carbocycles. The zero-order valence-corrected chi connectivity index (χ0v) is 10.5. The van der Waals surface area contributed by atoms with Gasteiger partial charge in [0.05, 0.1) is 6.10 Å². The van der Waals surface area contributed by atoms with Gasteiger partial charge in [-0.25, -0.2) is 8.78 Å². The molecule has 0 saturated heterocycles. The lowest BCUT2D eigenvalue weighted by atomic mass is 9.93. The van der Waals surface area contributed by atoms with E-state index in [4.69, 9.17) is 0 Å². The predicted octanol–water partition coefficient (Wildman–Crippen LogP) is 3.65. The summed E-state index contributed by atoms with van der Waals surface area (Å²) in [6.07, 6.45) is 0.715. The minimum Gasteiger partial charge on any atom is -0.393 e. The third-order valence-corrected chi connectivity index (χ3v) is 3.58. The molecule has 18 heavy (non-hydrogen) atoms. The fraction of sp³-hybridized carbons (Fsp3) is 0.571. The summed E-state index contributed by atoms with van der Waals surface area (Å²) in [5, 5.41) is 12.7. The number of aliphatic hydroxyl groups is 1. The third-order valence-electron chi connectivity index (χ3n) is 3.58. The second kappa shape index (κ2) is 5.65. The number of aliphatic hydroxyl groups excluding tert-OH is 1. The molecular weight excluding hydrogens is 236 g/mol. The summed E-state index contributed by atoms with van der Waals surface area (Å²) in [7, 11) is 0. The number of nitrogens with one attached hydrogen (secondary N) is 1. The first-order valence-electron chi connectivity index (χ1n) is 6.39. The molecule has 1 aromatic rings. The molecule has 1 aliphatic rings.